The largest absolute Gasteiger partial charge is 0.337 e. The van der Waals surface area contributed by atoms with E-state index in [9.17, 15) is 9.18 Å². The molecule has 0 saturated carbocycles. The first-order chi connectivity index (χ1) is 11.1. The molecule has 2 fully saturated rings. The van der Waals surface area contributed by atoms with E-state index >= 15 is 0 Å². The summed E-state index contributed by atoms with van der Waals surface area (Å²) in [6, 6.07) is 5.56. The molecular weight excluding hydrogens is 295 g/mol. The van der Waals surface area contributed by atoms with E-state index in [0.717, 1.165) is 13.0 Å². The quantitative estimate of drug-likeness (QED) is 0.919. The van der Waals surface area contributed by atoms with Gasteiger partial charge < -0.3 is 10.2 Å². The normalized spacial score (nSPS) is 23.3. The molecule has 4 rings (SSSR count). The van der Waals surface area contributed by atoms with Gasteiger partial charge in [0.1, 0.15) is 11.4 Å². The van der Waals surface area contributed by atoms with Gasteiger partial charge in [-0.05, 0) is 43.5 Å². The maximum Gasteiger partial charge on any atom is 0.259 e. The van der Waals surface area contributed by atoms with Crippen molar-refractivity contribution in [2.45, 2.75) is 19.4 Å². The first-order valence-corrected chi connectivity index (χ1v) is 7.97. The number of hydrogen-bond acceptors (Lipinski definition) is 3. The maximum absolute atomic E-state index is 14.7. The average molecular weight is 314 g/mol. The number of rotatable bonds is 2. The number of amides is 1. The van der Waals surface area contributed by atoms with Crippen molar-refractivity contribution in [1.82, 2.24) is 20.0 Å². The zero-order valence-corrected chi connectivity index (χ0v) is 13.0. The molecule has 23 heavy (non-hydrogen) atoms. The molecule has 2 aromatic rings. The Morgan fingerprint density at radius 1 is 1.43 bits per heavy atom. The third kappa shape index (κ3) is 2.34. The lowest BCUT2D eigenvalue weighted by molar-refractivity contribution is 0.0514. The Bertz CT molecular complexity index is 743. The standard InChI is InChI=1S/C17H19FN4O/c1-11-3-4-14(22-7-2-6-20-22)15(16(11)18)17(23)21-8-5-12-9-19-13(12)10-21/h2-4,6-7,12-13,19H,5,8-10H2,1H3. The lowest BCUT2D eigenvalue weighted by Gasteiger charge is -2.46. The van der Waals surface area contributed by atoms with Crippen LogP contribution in [0.4, 0.5) is 4.39 Å². The Balaban J connectivity index is 1.72. The number of piperidine rings is 1. The van der Waals surface area contributed by atoms with E-state index in [1.165, 1.54) is 0 Å². The molecule has 0 bridgehead atoms. The third-order valence-corrected chi connectivity index (χ3v) is 4.96. The molecule has 0 aliphatic carbocycles. The predicted octanol–water partition coefficient (Wildman–Crippen LogP) is 1.75. The van der Waals surface area contributed by atoms with Gasteiger partial charge >= 0.3 is 0 Å². The van der Waals surface area contributed by atoms with Gasteiger partial charge in [0.2, 0.25) is 0 Å². The molecule has 2 aliphatic rings. The molecule has 5 nitrogen and oxygen atoms in total. The summed E-state index contributed by atoms with van der Waals surface area (Å²) in [5.41, 5.74) is 1.08. The lowest BCUT2D eigenvalue weighted by Crippen LogP contribution is -2.62. The molecule has 2 aliphatic heterocycles. The minimum Gasteiger partial charge on any atom is -0.337 e. The van der Waals surface area contributed by atoms with Crippen molar-refractivity contribution in [1.29, 1.82) is 0 Å². The van der Waals surface area contributed by atoms with Gasteiger partial charge in [-0.2, -0.15) is 5.10 Å². The van der Waals surface area contributed by atoms with E-state index in [1.807, 2.05) is 0 Å². The molecule has 1 aromatic carbocycles. The molecule has 120 valence electrons. The summed E-state index contributed by atoms with van der Waals surface area (Å²) in [4.78, 5) is 14.7. The van der Waals surface area contributed by atoms with Crippen molar-refractivity contribution in [3.8, 4) is 5.69 Å². The number of aryl methyl sites for hydroxylation is 1. The van der Waals surface area contributed by atoms with Crippen LogP contribution in [0.25, 0.3) is 5.69 Å². The summed E-state index contributed by atoms with van der Waals surface area (Å²) in [5, 5.41) is 7.50. The van der Waals surface area contributed by atoms with Crippen LogP contribution in [0.2, 0.25) is 0 Å². The number of hydrogen-bond donors (Lipinski definition) is 1. The molecule has 6 heteroatoms. The van der Waals surface area contributed by atoms with Gasteiger partial charge in [-0.15, -0.1) is 0 Å². The van der Waals surface area contributed by atoms with Crippen LogP contribution in [0.3, 0.4) is 0 Å². The smallest absolute Gasteiger partial charge is 0.259 e. The van der Waals surface area contributed by atoms with E-state index in [2.05, 4.69) is 10.4 Å². The summed E-state index contributed by atoms with van der Waals surface area (Å²) >= 11 is 0. The zero-order chi connectivity index (χ0) is 16.0. The van der Waals surface area contributed by atoms with Crippen molar-refractivity contribution >= 4 is 5.91 Å². The highest BCUT2D eigenvalue weighted by molar-refractivity contribution is 5.98. The highest BCUT2D eigenvalue weighted by Gasteiger charge is 2.38. The fourth-order valence-electron chi connectivity index (χ4n) is 3.44. The van der Waals surface area contributed by atoms with Crippen molar-refractivity contribution in [3.05, 3.63) is 47.5 Å². The minimum atomic E-state index is -0.452. The maximum atomic E-state index is 14.7. The molecule has 1 aromatic heterocycles. The molecule has 0 spiro atoms. The number of nitrogens with zero attached hydrogens (tertiary/aromatic N) is 3. The predicted molar refractivity (Wildman–Crippen MR) is 84.1 cm³/mol. The number of likely N-dealkylation sites (tertiary alicyclic amines) is 1. The Morgan fingerprint density at radius 3 is 2.96 bits per heavy atom. The molecule has 2 atom stereocenters. The van der Waals surface area contributed by atoms with Crippen LogP contribution in [0.1, 0.15) is 22.3 Å². The first-order valence-electron chi connectivity index (χ1n) is 7.97. The minimum absolute atomic E-state index is 0.117. The van der Waals surface area contributed by atoms with Gasteiger partial charge in [-0.3, -0.25) is 4.79 Å². The van der Waals surface area contributed by atoms with E-state index in [4.69, 9.17) is 0 Å². The van der Waals surface area contributed by atoms with Crippen molar-refractivity contribution < 1.29 is 9.18 Å². The lowest BCUT2D eigenvalue weighted by atomic mass is 9.84. The van der Waals surface area contributed by atoms with Crippen LogP contribution in [0.5, 0.6) is 0 Å². The van der Waals surface area contributed by atoms with Crippen LogP contribution in [0.15, 0.2) is 30.6 Å². The summed E-state index contributed by atoms with van der Waals surface area (Å²) < 4.78 is 16.3. The van der Waals surface area contributed by atoms with Crippen LogP contribution in [0, 0.1) is 18.7 Å². The Hall–Kier alpha value is -2.21. The highest BCUT2D eigenvalue weighted by Crippen LogP contribution is 2.28. The molecule has 2 saturated heterocycles. The molecule has 1 N–H and O–H groups in total. The SMILES string of the molecule is Cc1ccc(-n2cccn2)c(C(=O)N2CCC3CNC3C2)c1F. The number of nitrogens with one attached hydrogen (secondary N) is 1. The summed E-state index contributed by atoms with van der Waals surface area (Å²) in [7, 11) is 0. The Kier molecular flexibility index (Phi) is 3.41. The summed E-state index contributed by atoms with van der Waals surface area (Å²) in [6.45, 7) is 4.05. The van der Waals surface area contributed by atoms with Gasteiger partial charge in [-0.25, -0.2) is 9.07 Å². The second-order valence-electron chi connectivity index (χ2n) is 6.36. The van der Waals surface area contributed by atoms with Crippen LogP contribution < -0.4 is 5.32 Å². The topological polar surface area (TPSA) is 50.2 Å². The van der Waals surface area contributed by atoms with Gasteiger partial charge in [-0.1, -0.05) is 6.07 Å². The molecule has 3 heterocycles. The van der Waals surface area contributed by atoms with Gasteiger partial charge in [0, 0.05) is 31.5 Å². The van der Waals surface area contributed by atoms with Crippen LogP contribution in [-0.2, 0) is 0 Å². The second-order valence-corrected chi connectivity index (χ2v) is 6.36. The molecule has 0 radical (unpaired) electrons. The number of halogens is 1. The summed E-state index contributed by atoms with van der Waals surface area (Å²) in [5.74, 6) is -0.0393. The van der Waals surface area contributed by atoms with Crippen molar-refractivity contribution in [2.24, 2.45) is 5.92 Å². The number of benzene rings is 1. The fraction of sp³-hybridized carbons (Fsp3) is 0.412. The number of fused-ring (bicyclic) bond motifs is 1. The van der Waals surface area contributed by atoms with Crippen LogP contribution in [-0.4, -0.2) is 46.3 Å². The molecular formula is C17H19FN4O. The Labute approximate surface area is 134 Å². The molecule has 1 amide bonds. The highest BCUT2D eigenvalue weighted by atomic mass is 19.1. The monoisotopic (exact) mass is 314 g/mol. The Morgan fingerprint density at radius 2 is 2.30 bits per heavy atom. The van der Waals surface area contributed by atoms with Gasteiger partial charge in [0.25, 0.3) is 5.91 Å². The van der Waals surface area contributed by atoms with E-state index < -0.39 is 5.82 Å². The first kappa shape index (κ1) is 14.4. The van der Waals surface area contributed by atoms with E-state index in [1.54, 1.807) is 47.1 Å². The zero-order valence-electron chi connectivity index (χ0n) is 13.0. The van der Waals surface area contributed by atoms with Crippen molar-refractivity contribution in [3.63, 3.8) is 0 Å². The van der Waals surface area contributed by atoms with E-state index in [0.29, 0.717) is 36.3 Å². The van der Waals surface area contributed by atoms with E-state index in [-0.39, 0.29) is 11.5 Å². The number of carbonyl (C=O) groups excluding carboxylic acids is 1. The second kappa shape index (κ2) is 5.45. The van der Waals surface area contributed by atoms with Gasteiger partial charge in [0.15, 0.2) is 0 Å². The fourth-order valence-corrected chi connectivity index (χ4v) is 3.44. The van der Waals surface area contributed by atoms with Crippen molar-refractivity contribution in [2.75, 3.05) is 19.6 Å². The van der Waals surface area contributed by atoms with Gasteiger partial charge in [0.05, 0.1) is 5.69 Å². The average Bonchev–Trinajstić information content (AvgIpc) is 3.04. The third-order valence-electron chi connectivity index (χ3n) is 4.96. The van der Waals surface area contributed by atoms with Crippen LogP contribution >= 0.6 is 0 Å². The number of carbonyl (C=O) groups is 1. The summed E-state index contributed by atoms with van der Waals surface area (Å²) in [6.07, 6.45) is 4.32. The number of aromatic nitrogens is 2. The molecule has 2 unspecified atom stereocenters.